The minimum Gasteiger partial charge on any atom is -0.411 e. The largest absolute Gasteiger partial charge is 0.504 e. The maximum Gasteiger partial charge on any atom is 0.504 e. The van der Waals surface area contributed by atoms with E-state index in [1.54, 1.807) is 0 Å². The lowest BCUT2D eigenvalue weighted by molar-refractivity contribution is -0.212. The average molecular weight is 537 g/mol. The Morgan fingerprint density at radius 1 is 1.08 bits per heavy atom. The Morgan fingerprint density at radius 2 is 1.89 bits per heavy atom. The number of amides is 1. The minimum atomic E-state index is -4.76. The van der Waals surface area contributed by atoms with Crippen LogP contribution in [0.3, 0.4) is 0 Å². The molecule has 17 heteroatoms. The lowest BCUT2D eigenvalue weighted by Gasteiger charge is -2.32. The molecule has 1 unspecified atom stereocenters. The molecule has 0 fully saturated rings. The van der Waals surface area contributed by atoms with Crippen molar-refractivity contribution in [1.82, 2.24) is 44.5 Å². The van der Waals surface area contributed by atoms with E-state index in [4.69, 9.17) is 4.42 Å². The number of nitrogens with zero attached hydrogens (tertiary/aromatic N) is 8. The van der Waals surface area contributed by atoms with Gasteiger partial charge in [-0.3, -0.25) is 4.79 Å². The second kappa shape index (κ2) is 8.15. The van der Waals surface area contributed by atoms with E-state index in [0.29, 0.717) is 24.0 Å². The van der Waals surface area contributed by atoms with Gasteiger partial charge >= 0.3 is 24.3 Å². The summed E-state index contributed by atoms with van der Waals surface area (Å²) in [4.78, 5) is 21.9. The molecule has 38 heavy (non-hydrogen) atoms. The molecule has 1 atom stereocenters. The number of halogens is 6. The molecule has 0 radical (unpaired) electrons. The highest BCUT2D eigenvalue weighted by Crippen LogP contribution is 2.37. The van der Waals surface area contributed by atoms with E-state index in [-0.39, 0.29) is 28.1 Å². The SMILES string of the molecule is O=C(c1nnc(-c2ccn(C(F)(F)F)n2)o1)N1CCc2[nH]cnc2C1c1cc2c(C(F)(F)F)cccn2n1. The lowest BCUT2D eigenvalue weighted by Crippen LogP contribution is -2.41. The third kappa shape index (κ3) is 3.86. The molecule has 0 saturated heterocycles. The Labute approximate surface area is 206 Å². The van der Waals surface area contributed by atoms with Crippen molar-refractivity contribution in [2.75, 3.05) is 6.54 Å². The Balaban J connectivity index is 1.38. The smallest absolute Gasteiger partial charge is 0.411 e. The molecule has 6 rings (SSSR count). The summed E-state index contributed by atoms with van der Waals surface area (Å²) in [6.45, 7) is 0.0824. The van der Waals surface area contributed by atoms with Gasteiger partial charge in [-0.1, -0.05) is 0 Å². The lowest BCUT2D eigenvalue weighted by atomic mass is 9.99. The van der Waals surface area contributed by atoms with Gasteiger partial charge in [-0.25, -0.2) is 9.50 Å². The number of fused-ring (bicyclic) bond motifs is 2. The number of hydrogen-bond acceptors (Lipinski definition) is 7. The molecule has 0 aliphatic carbocycles. The van der Waals surface area contributed by atoms with Crippen LogP contribution in [0.25, 0.3) is 17.1 Å². The zero-order valence-electron chi connectivity index (χ0n) is 18.7. The van der Waals surface area contributed by atoms with Crippen LogP contribution >= 0.6 is 0 Å². The van der Waals surface area contributed by atoms with Gasteiger partial charge < -0.3 is 14.3 Å². The van der Waals surface area contributed by atoms with Crippen molar-refractivity contribution in [3.63, 3.8) is 0 Å². The quantitative estimate of drug-likeness (QED) is 0.349. The number of carbonyl (C=O) groups excluding carboxylic acids is 1. The highest BCUT2D eigenvalue weighted by Gasteiger charge is 2.40. The number of imidazole rings is 1. The predicted octanol–water partition coefficient (Wildman–Crippen LogP) is 3.59. The number of hydrogen-bond donors (Lipinski definition) is 1. The zero-order chi connectivity index (χ0) is 26.8. The molecule has 0 bridgehead atoms. The zero-order valence-corrected chi connectivity index (χ0v) is 18.7. The maximum atomic E-state index is 13.6. The summed E-state index contributed by atoms with van der Waals surface area (Å²) in [5.74, 6) is -1.79. The monoisotopic (exact) mass is 537 g/mol. The number of carbonyl (C=O) groups is 1. The van der Waals surface area contributed by atoms with Crippen LogP contribution in [0.2, 0.25) is 0 Å². The van der Waals surface area contributed by atoms with E-state index >= 15 is 0 Å². The van der Waals surface area contributed by atoms with Crippen molar-refractivity contribution < 1.29 is 35.6 Å². The Bertz CT molecular complexity index is 1660. The van der Waals surface area contributed by atoms with Gasteiger partial charge in [0.05, 0.1) is 28.8 Å². The summed E-state index contributed by atoms with van der Waals surface area (Å²) in [6.07, 6.45) is -5.68. The first-order valence-corrected chi connectivity index (χ1v) is 10.9. The standard InChI is InChI=1S/C21H13F6N9O2/c22-20(23,24)10-2-1-5-35-14(10)8-13(32-35)16-15-11(28-9-29-15)3-6-34(16)19(37)18-31-30-17(38-18)12-4-7-36(33-12)21(25,26)27/h1-2,4-5,7-9,16H,3,6H2,(H,28,29). The second-order valence-electron chi connectivity index (χ2n) is 8.26. The van der Waals surface area contributed by atoms with Crippen LogP contribution in [0.5, 0.6) is 0 Å². The summed E-state index contributed by atoms with van der Waals surface area (Å²) in [5.41, 5.74) is -0.299. The average Bonchev–Trinajstić information content (AvgIpc) is 3.65. The van der Waals surface area contributed by atoms with Gasteiger partial charge in [0.25, 0.3) is 5.89 Å². The number of pyridine rings is 1. The van der Waals surface area contributed by atoms with Crippen LogP contribution in [0.15, 0.2) is 47.4 Å². The fourth-order valence-electron chi connectivity index (χ4n) is 4.32. The summed E-state index contributed by atoms with van der Waals surface area (Å²) >= 11 is 0. The van der Waals surface area contributed by atoms with E-state index in [1.165, 1.54) is 29.6 Å². The van der Waals surface area contributed by atoms with Crippen molar-refractivity contribution in [3.8, 4) is 11.6 Å². The van der Waals surface area contributed by atoms with Gasteiger partial charge in [-0.15, -0.1) is 23.4 Å². The molecule has 0 saturated carbocycles. The number of rotatable bonds is 3. The number of nitrogens with one attached hydrogen (secondary N) is 1. The Kier molecular flexibility index (Phi) is 5.08. The molecule has 1 amide bonds. The van der Waals surface area contributed by atoms with Crippen LogP contribution in [0.4, 0.5) is 26.3 Å². The van der Waals surface area contributed by atoms with Crippen LogP contribution < -0.4 is 0 Å². The molecular formula is C21H13F6N9O2. The molecule has 1 N–H and O–H groups in total. The second-order valence-corrected chi connectivity index (χ2v) is 8.26. The molecule has 5 aromatic rings. The molecule has 196 valence electrons. The van der Waals surface area contributed by atoms with Gasteiger partial charge in [0.15, 0.2) is 0 Å². The molecular weight excluding hydrogens is 524 g/mol. The van der Waals surface area contributed by atoms with Crippen molar-refractivity contribution in [2.45, 2.75) is 24.9 Å². The highest BCUT2D eigenvalue weighted by atomic mass is 19.4. The third-order valence-corrected chi connectivity index (χ3v) is 5.97. The topological polar surface area (TPSA) is 123 Å². The van der Waals surface area contributed by atoms with Crippen molar-refractivity contribution in [2.24, 2.45) is 0 Å². The van der Waals surface area contributed by atoms with E-state index in [9.17, 15) is 31.1 Å². The molecule has 0 aromatic carbocycles. The Morgan fingerprint density at radius 3 is 2.63 bits per heavy atom. The fourth-order valence-corrected chi connectivity index (χ4v) is 4.32. The molecule has 0 spiro atoms. The predicted molar refractivity (Wildman–Crippen MR) is 112 cm³/mol. The Hall–Kier alpha value is -4.70. The summed E-state index contributed by atoms with van der Waals surface area (Å²) in [5, 5.41) is 14.9. The van der Waals surface area contributed by atoms with Gasteiger partial charge in [0.2, 0.25) is 0 Å². The first kappa shape index (κ1) is 23.7. The van der Waals surface area contributed by atoms with Gasteiger partial charge in [-0.05, 0) is 24.3 Å². The number of aromatic amines is 1. The molecule has 1 aliphatic heterocycles. The van der Waals surface area contributed by atoms with Gasteiger partial charge in [0, 0.05) is 31.1 Å². The summed E-state index contributed by atoms with van der Waals surface area (Å²) in [6, 6.07) is 3.32. The van der Waals surface area contributed by atoms with Crippen molar-refractivity contribution in [3.05, 3.63) is 71.5 Å². The normalized spacial score (nSPS) is 16.3. The molecule has 6 heterocycles. The van der Waals surface area contributed by atoms with Gasteiger partial charge in [0.1, 0.15) is 11.7 Å². The van der Waals surface area contributed by atoms with E-state index in [2.05, 4.69) is 30.4 Å². The number of aromatic nitrogens is 8. The number of alkyl halides is 6. The van der Waals surface area contributed by atoms with Crippen LogP contribution in [-0.4, -0.2) is 56.9 Å². The summed E-state index contributed by atoms with van der Waals surface area (Å²) in [7, 11) is 0. The van der Waals surface area contributed by atoms with Gasteiger partial charge in [-0.2, -0.15) is 28.1 Å². The van der Waals surface area contributed by atoms with E-state index < -0.39 is 41.8 Å². The molecule has 1 aliphatic rings. The maximum absolute atomic E-state index is 13.6. The van der Waals surface area contributed by atoms with Crippen LogP contribution in [0, 0.1) is 0 Å². The van der Waals surface area contributed by atoms with Crippen LogP contribution in [0.1, 0.15) is 39.4 Å². The highest BCUT2D eigenvalue weighted by molar-refractivity contribution is 5.90. The minimum absolute atomic E-state index is 0.0824. The van der Waals surface area contributed by atoms with Crippen LogP contribution in [-0.2, 0) is 18.9 Å². The van der Waals surface area contributed by atoms with E-state index in [0.717, 1.165) is 16.6 Å². The first-order chi connectivity index (χ1) is 18.0. The van der Waals surface area contributed by atoms with E-state index in [1.807, 2.05) is 0 Å². The molecule has 11 nitrogen and oxygen atoms in total. The third-order valence-electron chi connectivity index (χ3n) is 5.97. The van der Waals surface area contributed by atoms with Crippen molar-refractivity contribution in [1.29, 1.82) is 0 Å². The molecule has 5 aromatic heterocycles. The van der Waals surface area contributed by atoms with Crippen molar-refractivity contribution >= 4 is 11.4 Å². The summed E-state index contributed by atoms with van der Waals surface area (Å²) < 4.78 is 85.4. The number of H-pyrrole nitrogens is 1. The fraction of sp³-hybridized carbons (Fsp3) is 0.238. The first-order valence-electron chi connectivity index (χ1n) is 10.9.